The van der Waals surface area contributed by atoms with Gasteiger partial charge >= 0.3 is 0 Å². The van der Waals surface area contributed by atoms with Gasteiger partial charge in [-0.25, -0.2) is 0 Å². The first-order valence-corrected chi connectivity index (χ1v) is 7.45. The van der Waals surface area contributed by atoms with Gasteiger partial charge in [0, 0.05) is 25.1 Å². The fourth-order valence-corrected chi connectivity index (χ4v) is 2.33. The molecule has 0 bridgehead atoms. The van der Waals surface area contributed by atoms with Gasteiger partial charge in [-0.05, 0) is 31.0 Å². The maximum Gasteiger partial charge on any atom is 0.253 e. The number of rotatable bonds is 5. The van der Waals surface area contributed by atoms with Crippen molar-refractivity contribution in [1.82, 2.24) is 4.90 Å². The summed E-state index contributed by atoms with van der Waals surface area (Å²) in [6, 6.07) is 5.47. The number of nitrogens with zero attached hydrogens (tertiary/aromatic N) is 1. The lowest BCUT2D eigenvalue weighted by Crippen LogP contribution is -2.32. The average molecular weight is 277 g/mol. The maximum atomic E-state index is 12.5. The summed E-state index contributed by atoms with van der Waals surface area (Å²) in [5.74, 6) is 1.49. The minimum absolute atomic E-state index is 0.0735. The van der Waals surface area contributed by atoms with E-state index in [0.29, 0.717) is 24.5 Å². The van der Waals surface area contributed by atoms with E-state index in [2.05, 4.69) is 13.8 Å². The summed E-state index contributed by atoms with van der Waals surface area (Å²) in [7, 11) is 0. The van der Waals surface area contributed by atoms with Gasteiger partial charge in [-0.15, -0.1) is 0 Å². The van der Waals surface area contributed by atoms with Crippen molar-refractivity contribution in [2.75, 3.05) is 26.3 Å². The Kier molecular flexibility index (Phi) is 5.27. The molecule has 1 aromatic rings. The van der Waals surface area contributed by atoms with Crippen LogP contribution in [0.4, 0.5) is 0 Å². The molecule has 0 fully saturated rings. The Morgan fingerprint density at radius 1 is 1.10 bits per heavy atom. The van der Waals surface area contributed by atoms with Crippen LogP contribution < -0.4 is 9.47 Å². The van der Waals surface area contributed by atoms with Crippen LogP contribution in [0.5, 0.6) is 11.5 Å². The zero-order chi connectivity index (χ0) is 14.4. The molecular weight excluding hydrogens is 254 g/mol. The second-order valence-electron chi connectivity index (χ2n) is 5.00. The lowest BCUT2D eigenvalue weighted by molar-refractivity contribution is 0.0755. The van der Waals surface area contributed by atoms with Crippen LogP contribution in [0.25, 0.3) is 0 Å². The van der Waals surface area contributed by atoms with Gasteiger partial charge in [0.05, 0.1) is 13.2 Å². The molecule has 2 rings (SSSR count). The van der Waals surface area contributed by atoms with Crippen molar-refractivity contribution >= 4 is 5.91 Å². The molecule has 0 spiro atoms. The van der Waals surface area contributed by atoms with Crippen LogP contribution in [0.3, 0.4) is 0 Å². The van der Waals surface area contributed by atoms with Crippen LogP contribution in [0, 0.1) is 0 Å². The van der Waals surface area contributed by atoms with Crippen LogP contribution in [0.15, 0.2) is 18.2 Å². The van der Waals surface area contributed by atoms with Gasteiger partial charge in [-0.1, -0.05) is 13.8 Å². The molecule has 0 aliphatic carbocycles. The standard InChI is InChI=1S/C16H23NO3/c1-3-8-17(9-4-2)16(18)13-6-7-14-15(12-13)20-11-5-10-19-14/h6-7,12H,3-5,8-11H2,1-2H3. The van der Waals surface area contributed by atoms with E-state index in [0.717, 1.165) is 38.1 Å². The van der Waals surface area contributed by atoms with Gasteiger partial charge in [-0.3, -0.25) is 4.79 Å². The molecule has 0 N–H and O–H groups in total. The Balaban J connectivity index is 2.19. The van der Waals surface area contributed by atoms with Crippen molar-refractivity contribution in [2.24, 2.45) is 0 Å². The van der Waals surface area contributed by atoms with E-state index in [4.69, 9.17) is 9.47 Å². The molecule has 0 saturated heterocycles. The first-order valence-electron chi connectivity index (χ1n) is 7.45. The van der Waals surface area contributed by atoms with Crippen molar-refractivity contribution in [2.45, 2.75) is 33.1 Å². The Labute approximate surface area is 120 Å². The van der Waals surface area contributed by atoms with Crippen molar-refractivity contribution in [3.05, 3.63) is 23.8 Å². The van der Waals surface area contributed by atoms with E-state index in [9.17, 15) is 4.79 Å². The number of amides is 1. The molecule has 1 aliphatic heterocycles. The van der Waals surface area contributed by atoms with Gasteiger partial charge in [0.1, 0.15) is 0 Å². The van der Waals surface area contributed by atoms with Crippen molar-refractivity contribution in [3.63, 3.8) is 0 Å². The second kappa shape index (κ2) is 7.17. The highest BCUT2D eigenvalue weighted by Crippen LogP contribution is 2.30. The Bertz CT molecular complexity index is 453. The Morgan fingerprint density at radius 2 is 1.75 bits per heavy atom. The third kappa shape index (κ3) is 3.44. The molecule has 1 aromatic carbocycles. The molecule has 0 saturated carbocycles. The first-order chi connectivity index (χ1) is 9.76. The Morgan fingerprint density at radius 3 is 2.40 bits per heavy atom. The van der Waals surface area contributed by atoms with Crippen molar-refractivity contribution in [3.8, 4) is 11.5 Å². The number of benzene rings is 1. The van der Waals surface area contributed by atoms with Gasteiger partial charge in [0.2, 0.25) is 0 Å². The fourth-order valence-electron chi connectivity index (χ4n) is 2.33. The smallest absolute Gasteiger partial charge is 0.253 e. The van der Waals surface area contributed by atoms with E-state index < -0.39 is 0 Å². The third-order valence-electron chi connectivity index (χ3n) is 3.27. The fraction of sp³-hybridized carbons (Fsp3) is 0.562. The predicted octanol–water partition coefficient (Wildman–Crippen LogP) is 3.11. The Hall–Kier alpha value is -1.71. The average Bonchev–Trinajstić information content (AvgIpc) is 2.70. The summed E-state index contributed by atoms with van der Waals surface area (Å²) in [6.45, 7) is 7.06. The molecule has 4 nitrogen and oxygen atoms in total. The second-order valence-corrected chi connectivity index (χ2v) is 5.00. The van der Waals surface area contributed by atoms with Crippen LogP contribution in [-0.4, -0.2) is 37.1 Å². The molecule has 0 radical (unpaired) electrons. The summed E-state index contributed by atoms with van der Waals surface area (Å²) in [5.41, 5.74) is 0.677. The number of carbonyl (C=O) groups is 1. The molecule has 4 heteroatoms. The molecule has 0 unspecified atom stereocenters. The highest BCUT2D eigenvalue weighted by molar-refractivity contribution is 5.95. The predicted molar refractivity (Wildman–Crippen MR) is 78.5 cm³/mol. The van der Waals surface area contributed by atoms with Gasteiger partial charge in [0.25, 0.3) is 5.91 Å². The van der Waals surface area contributed by atoms with E-state index in [-0.39, 0.29) is 5.91 Å². The van der Waals surface area contributed by atoms with Gasteiger partial charge < -0.3 is 14.4 Å². The molecule has 0 atom stereocenters. The highest BCUT2D eigenvalue weighted by Gasteiger charge is 2.18. The quantitative estimate of drug-likeness (QED) is 0.830. The zero-order valence-electron chi connectivity index (χ0n) is 12.4. The number of hydrogen-bond donors (Lipinski definition) is 0. The van der Waals surface area contributed by atoms with E-state index in [1.54, 1.807) is 6.07 Å². The van der Waals surface area contributed by atoms with Gasteiger partial charge in [-0.2, -0.15) is 0 Å². The van der Waals surface area contributed by atoms with Gasteiger partial charge in [0.15, 0.2) is 11.5 Å². The van der Waals surface area contributed by atoms with Crippen molar-refractivity contribution in [1.29, 1.82) is 0 Å². The minimum atomic E-state index is 0.0735. The van der Waals surface area contributed by atoms with Crippen LogP contribution in [0.1, 0.15) is 43.5 Å². The lowest BCUT2D eigenvalue weighted by atomic mass is 10.1. The minimum Gasteiger partial charge on any atom is -0.490 e. The molecular formula is C16H23NO3. The summed E-state index contributed by atoms with van der Waals surface area (Å²) < 4.78 is 11.2. The molecule has 20 heavy (non-hydrogen) atoms. The SMILES string of the molecule is CCCN(CCC)C(=O)c1ccc2c(c1)OCCCO2. The van der Waals surface area contributed by atoms with E-state index in [1.165, 1.54) is 0 Å². The largest absolute Gasteiger partial charge is 0.490 e. The monoisotopic (exact) mass is 277 g/mol. The number of carbonyl (C=O) groups excluding carboxylic acids is 1. The summed E-state index contributed by atoms with van der Waals surface area (Å²) >= 11 is 0. The normalized spacial score (nSPS) is 13.7. The summed E-state index contributed by atoms with van der Waals surface area (Å²) in [4.78, 5) is 14.4. The molecule has 1 heterocycles. The molecule has 1 aliphatic rings. The molecule has 110 valence electrons. The first kappa shape index (κ1) is 14.7. The number of ether oxygens (including phenoxy) is 2. The molecule has 0 aromatic heterocycles. The highest BCUT2D eigenvalue weighted by atomic mass is 16.5. The van der Waals surface area contributed by atoms with Crippen LogP contribution in [-0.2, 0) is 0 Å². The zero-order valence-corrected chi connectivity index (χ0v) is 12.4. The molecule has 1 amide bonds. The third-order valence-corrected chi connectivity index (χ3v) is 3.27. The summed E-state index contributed by atoms with van der Waals surface area (Å²) in [5, 5.41) is 0. The van der Waals surface area contributed by atoms with Crippen molar-refractivity contribution < 1.29 is 14.3 Å². The van der Waals surface area contributed by atoms with E-state index >= 15 is 0 Å². The number of hydrogen-bond acceptors (Lipinski definition) is 3. The van der Waals surface area contributed by atoms with E-state index in [1.807, 2.05) is 17.0 Å². The lowest BCUT2D eigenvalue weighted by Gasteiger charge is -2.22. The van der Waals surface area contributed by atoms with Crippen LogP contribution >= 0.6 is 0 Å². The topological polar surface area (TPSA) is 38.8 Å². The number of fused-ring (bicyclic) bond motifs is 1. The summed E-state index contributed by atoms with van der Waals surface area (Å²) in [6.07, 6.45) is 2.81. The van der Waals surface area contributed by atoms with Crippen LogP contribution in [0.2, 0.25) is 0 Å². The maximum absolute atomic E-state index is 12.5.